The van der Waals surface area contributed by atoms with Crippen LogP contribution in [0.5, 0.6) is 5.75 Å². The third kappa shape index (κ3) is 4.72. The molecular formula is C13H22IN3O. The zero-order chi connectivity index (χ0) is 12.7. The van der Waals surface area contributed by atoms with Crippen LogP contribution in [-0.2, 0) is 6.54 Å². The van der Waals surface area contributed by atoms with Gasteiger partial charge >= 0.3 is 0 Å². The van der Waals surface area contributed by atoms with Gasteiger partial charge in [-0.15, -0.1) is 24.0 Å². The summed E-state index contributed by atoms with van der Waals surface area (Å²) in [5, 5.41) is 0. The summed E-state index contributed by atoms with van der Waals surface area (Å²) in [6.45, 7) is 6.42. The molecule has 0 bridgehead atoms. The van der Waals surface area contributed by atoms with Gasteiger partial charge in [0.05, 0.1) is 13.7 Å². The van der Waals surface area contributed by atoms with Crippen LogP contribution in [0.25, 0.3) is 0 Å². The predicted octanol–water partition coefficient (Wildman–Crippen LogP) is 2.47. The average molecular weight is 363 g/mol. The minimum Gasteiger partial charge on any atom is -0.496 e. The number of ether oxygens (including phenoxy) is 1. The van der Waals surface area contributed by atoms with E-state index >= 15 is 0 Å². The van der Waals surface area contributed by atoms with Crippen molar-refractivity contribution in [3.05, 3.63) is 29.8 Å². The highest BCUT2D eigenvalue weighted by Crippen LogP contribution is 2.17. The highest BCUT2D eigenvalue weighted by atomic mass is 127. The number of aliphatic imine (C=N–C) groups is 1. The molecule has 0 aliphatic rings. The number of guanidine groups is 1. The number of rotatable bonds is 5. The molecule has 0 aromatic heterocycles. The summed E-state index contributed by atoms with van der Waals surface area (Å²) in [6, 6.07) is 7.84. The van der Waals surface area contributed by atoms with E-state index in [0.717, 1.165) is 24.4 Å². The smallest absolute Gasteiger partial charge is 0.191 e. The number of nitrogens with two attached hydrogens (primary N) is 1. The van der Waals surface area contributed by atoms with Crippen LogP contribution in [0.3, 0.4) is 0 Å². The number of methoxy groups -OCH3 is 1. The van der Waals surface area contributed by atoms with E-state index in [0.29, 0.717) is 12.5 Å². The molecule has 1 aromatic rings. The van der Waals surface area contributed by atoms with Gasteiger partial charge in [0.1, 0.15) is 5.75 Å². The Morgan fingerprint density at radius 3 is 2.44 bits per heavy atom. The van der Waals surface area contributed by atoms with Crippen molar-refractivity contribution in [1.82, 2.24) is 4.90 Å². The predicted molar refractivity (Wildman–Crippen MR) is 86.7 cm³/mol. The molecule has 2 N–H and O–H groups in total. The lowest BCUT2D eigenvalue weighted by Gasteiger charge is -2.19. The van der Waals surface area contributed by atoms with E-state index in [1.54, 1.807) is 7.11 Å². The van der Waals surface area contributed by atoms with E-state index < -0.39 is 0 Å². The molecule has 0 saturated carbocycles. The molecule has 0 amide bonds. The largest absolute Gasteiger partial charge is 0.496 e. The van der Waals surface area contributed by atoms with Crippen LogP contribution in [0.2, 0.25) is 0 Å². The first kappa shape index (κ1) is 17.0. The standard InChI is InChI=1S/C13H21N3O.HI/c1-4-16(5-2)13(14)15-10-11-8-6-7-9-12(11)17-3;/h6-9H,4-5,10H2,1-3H3,(H2,14,15);1H. The SMILES string of the molecule is CCN(CC)C(N)=NCc1ccccc1OC.I. The lowest BCUT2D eigenvalue weighted by Crippen LogP contribution is -2.37. The Hall–Kier alpha value is -0.980. The van der Waals surface area contributed by atoms with Gasteiger partial charge in [0, 0.05) is 18.7 Å². The van der Waals surface area contributed by atoms with Crippen LogP contribution < -0.4 is 10.5 Å². The first-order chi connectivity index (χ1) is 8.22. The second kappa shape index (κ2) is 9.02. The van der Waals surface area contributed by atoms with E-state index in [1.165, 1.54) is 0 Å². The van der Waals surface area contributed by atoms with Crippen molar-refractivity contribution in [2.24, 2.45) is 10.7 Å². The van der Waals surface area contributed by atoms with E-state index in [9.17, 15) is 0 Å². The number of hydrogen-bond acceptors (Lipinski definition) is 2. The Labute approximate surface area is 126 Å². The van der Waals surface area contributed by atoms with Crippen LogP contribution in [0.15, 0.2) is 29.3 Å². The summed E-state index contributed by atoms with van der Waals surface area (Å²) in [6.07, 6.45) is 0. The molecule has 0 atom stereocenters. The number of halogens is 1. The van der Waals surface area contributed by atoms with Gasteiger partial charge < -0.3 is 15.4 Å². The highest BCUT2D eigenvalue weighted by Gasteiger charge is 2.04. The van der Waals surface area contributed by atoms with Crippen molar-refractivity contribution in [3.8, 4) is 5.75 Å². The van der Waals surface area contributed by atoms with Gasteiger partial charge in [-0.2, -0.15) is 0 Å². The van der Waals surface area contributed by atoms with Crippen LogP contribution in [0.4, 0.5) is 0 Å². The van der Waals surface area contributed by atoms with Crippen molar-refractivity contribution in [1.29, 1.82) is 0 Å². The first-order valence-corrected chi connectivity index (χ1v) is 5.89. The van der Waals surface area contributed by atoms with Gasteiger partial charge in [-0.25, -0.2) is 4.99 Å². The molecule has 0 spiro atoms. The molecule has 4 nitrogen and oxygen atoms in total. The van der Waals surface area contributed by atoms with E-state index in [4.69, 9.17) is 10.5 Å². The second-order valence-electron chi connectivity index (χ2n) is 3.66. The van der Waals surface area contributed by atoms with Crippen molar-refractivity contribution >= 4 is 29.9 Å². The fourth-order valence-electron chi connectivity index (χ4n) is 1.65. The lowest BCUT2D eigenvalue weighted by atomic mass is 10.2. The van der Waals surface area contributed by atoms with Crippen LogP contribution >= 0.6 is 24.0 Å². The summed E-state index contributed by atoms with van der Waals surface area (Å²) in [5.74, 6) is 1.43. The second-order valence-corrected chi connectivity index (χ2v) is 3.66. The van der Waals surface area contributed by atoms with Crippen molar-refractivity contribution < 1.29 is 4.74 Å². The maximum Gasteiger partial charge on any atom is 0.191 e. The third-order valence-corrected chi connectivity index (χ3v) is 2.69. The number of nitrogens with zero attached hydrogens (tertiary/aromatic N) is 2. The van der Waals surface area contributed by atoms with Crippen LogP contribution in [0, 0.1) is 0 Å². The zero-order valence-corrected chi connectivity index (χ0v) is 13.5. The Bertz CT molecular complexity index is 378. The number of hydrogen-bond donors (Lipinski definition) is 1. The van der Waals surface area contributed by atoms with Crippen molar-refractivity contribution in [3.63, 3.8) is 0 Å². The zero-order valence-electron chi connectivity index (χ0n) is 11.2. The molecule has 0 saturated heterocycles. The van der Waals surface area contributed by atoms with E-state index in [1.807, 2.05) is 29.2 Å². The quantitative estimate of drug-likeness (QED) is 0.497. The summed E-state index contributed by atoms with van der Waals surface area (Å²) in [4.78, 5) is 6.41. The van der Waals surface area contributed by atoms with Crippen LogP contribution in [-0.4, -0.2) is 31.1 Å². The Morgan fingerprint density at radius 2 is 1.89 bits per heavy atom. The normalized spacial score (nSPS) is 10.7. The molecule has 18 heavy (non-hydrogen) atoms. The number of para-hydroxylation sites is 1. The van der Waals surface area contributed by atoms with Gasteiger partial charge in [0.25, 0.3) is 0 Å². The maximum atomic E-state index is 5.91. The van der Waals surface area contributed by atoms with Gasteiger partial charge in [0.15, 0.2) is 5.96 Å². The van der Waals surface area contributed by atoms with Crippen molar-refractivity contribution in [2.75, 3.05) is 20.2 Å². The van der Waals surface area contributed by atoms with Crippen molar-refractivity contribution in [2.45, 2.75) is 20.4 Å². The molecule has 1 aromatic carbocycles. The van der Waals surface area contributed by atoms with Gasteiger partial charge in [0.2, 0.25) is 0 Å². The average Bonchev–Trinajstić information content (AvgIpc) is 2.38. The van der Waals surface area contributed by atoms with Gasteiger partial charge in [-0.05, 0) is 19.9 Å². The fraction of sp³-hybridized carbons (Fsp3) is 0.462. The molecule has 1 rings (SSSR count). The first-order valence-electron chi connectivity index (χ1n) is 5.89. The molecule has 0 aliphatic heterocycles. The molecule has 102 valence electrons. The maximum absolute atomic E-state index is 5.91. The molecular weight excluding hydrogens is 341 g/mol. The van der Waals surface area contributed by atoms with Crippen LogP contribution in [0.1, 0.15) is 19.4 Å². The summed E-state index contributed by atoms with van der Waals surface area (Å²) < 4.78 is 5.27. The third-order valence-electron chi connectivity index (χ3n) is 2.69. The topological polar surface area (TPSA) is 50.8 Å². The molecule has 0 heterocycles. The summed E-state index contributed by atoms with van der Waals surface area (Å²) in [5.41, 5.74) is 6.96. The minimum atomic E-state index is 0. The highest BCUT2D eigenvalue weighted by molar-refractivity contribution is 14.0. The lowest BCUT2D eigenvalue weighted by molar-refractivity contribution is 0.409. The van der Waals surface area contributed by atoms with Gasteiger partial charge in [-0.1, -0.05) is 18.2 Å². The van der Waals surface area contributed by atoms with E-state index in [-0.39, 0.29) is 24.0 Å². The number of benzene rings is 1. The van der Waals surface area contributed by atoms with Gasteiger partial charge in [-0.3, -0.25) is 0 Å². The molecule has 0 radical (unpaired) electrons. The summed E-state index contributed by atoms with van der Waals surface area (Å²) >= 11 is 0. The Morgan fingerprint density at radius 1 is 1.28 bits per heavy atom. The Kier molecular flexibility index (Phi) is 8.53. The molecule has 0 aliphatic carbocycles. The molecule has 0 unspecified atom stereocenters. The summed E-state index contributed by atoms with van der Waals surface area (Å²) in [7, 11) is 1.66. The Balaban J connectivity index is 0.00000289. The minimum absolute atomic E-state index is 0. The molecule has 0 fully saturated rings. The van der Waals surface area contributed by atoms with E-state index in [2.05, 4.69) is 18.8 Å². The monoisotopic (exact) mass is 363 g/mol. The molecule has 5 heteroatoms. The fourth-order valence-corrected chi connectivity index (χ4v) is 1.65.